The lowest BCUT2D eigenvalue weighted by atomic mass is 9.87. The molecule has 0 spiro atoms. The number of rotatable bonds is 6. The van der Waals surface area contributed by atoms with Crippen LogP contribution in [0.3, 0.4) is 0 Å². The Kier molecular flexibility index (Phi) is 4.73. The van der Waals surface area contributed by atoms with Crippen LogP contribution in [0, 0.1) is 5.92 Å². The topological polar surface area (TPSA) is 27.8 Å². The van der Waals surface area contributed by atoms with Crippen LogP contribution in [0.4, 0.5) is 0 Å². The summed E-state index contributed by atoms with van der Waals surface area (Å²) >= 11 is 0. The van der Waals surface area contributed by atoms with Gasteiger partial charge in [-0.3, -0.25) is 0 Å². The third-order valence-corrected chi connectivity index (χ3v) is 4.62. The molecule has 0 radical (unpaired) electrons. The summed E-state index contributed by atoms with van der Waals surface area (Å²) in [5.41, 5.74) is 6.07. The molecule has 0 bridgehead atoms. The highest BCUT2D eigenvalue weighted by atomic mass is 14.9. The number of aromatic amines is 1. The first-order chi connectivity index (χ1) is 9.24. The van der Waals surface area contributed by atoms with Crippen LogP contribution in [0.1, 0.15) is 57.4 Å². The first-order valence-corrected chi connectivity index (χ1v) is 7.87. The van der Waals surface area contributed by atoms with Crippen molar-refractivity contribution in [1.82, 2.24) is 10.3 Å². The lowest BCUT2D eigenvalue weighted by Crippen LogP contribution is -2.30. The highest BCUT2D eigenvalue weighted by Gasteiger charge is 2.28. The van der Waals surface area contributed by atoms with E-state index in [0.717, 1.165) is 19.3 Å². The zero-order valence-corrected chi connectivity index (χ0v) is 12.8. The summed E-state index contributed by atoms with van der Waals surface area (Å²) < 4.78 is 0. The molecule has 2 heterocycles. The van der Waals surface area contributed by atoms with E-state index in [2.05, 4.69) is 50.4 Å². The van der Waals surface area contributed by atoms with Gasteiger partial charge < -0.3 is 10.3 Å². The quantitative estimate of drug-likeness (QED) is 0.795. The van der Waals surface area contributed by atoms with Crippen molar-refractivity contribution >= 4 is 0 Å². The van der Waals surface area contributed by atoms with Gasteiger partial charge in [0, 0.05) is 30.3 Å². The van der Waals surface area contributed by atoms with Gasteiger partial charge in [-0.2, -0.15) is 0 Å². The summed E-state index contributed by atoms with van der Waals surface area (Å²) in [7, 11) is 0. The van der Waals surface area contributed by atoms with Crippen LogP contribution in [0.15, 0.2) is 18.0 Å². The smallest absolute Gasteiger partial charge is 0.0376 e. The van der Waals surface area contributed by atoms with Crippen molar-refractivity contribution in [3.05, 3.63) is 34.8 Å². The predicted octanol–water partition coefficient (Wildman–Crippen LogP) is 3.97. The molecule has 0 amide bonds. The average Bonchev–Trinajstić information content (AvgIpc) is 3.01. The second kappa shape index (κ2) is 6.31. The summed E-state index contributed by atoms with van der Waals surface area (Å²) in [6, 6.07) is 0.577. The van der Waals surface area contributed by atoms with E-state index in [0.29, 0.717) is 12.0 Å². The molecule has 1 aromatic heterocycles. The number of hydrogen-bond donors (Lipinski definition) is 2. The molecule has 2 rings (SSSR count). The Morgan fingerprint density at radius 3 is 2.42 bits per heavy atom. The normalized spacial score (nSPS) is 22.4. The van der Waals surface area contributed by atoms with Crippen LogP contribution in [-0.2, 0) is 19.3 Å². The summed E-state index contributed by atoms with van der Waals surface area (Å²) in [5, 5.41) is 3.60. The van der Waals surface area contributed by atoms with Crippen LogP contribution in [0.2, 0.25) is 0 Å². The van der Waals surface area contributed by atoms with Crippen molar-refractivity contribution in [2.75, 3.05) is 0 Å². The molecule has 0 saturated carbocycles. The van der Waals surface area contributed by atoms with Gasteiger partial charge in [0.25, 0.3) is 0 Å². The molecule has 2 unspecified atom stereocenters. The lowest BCUT2D eigenvalue weighted by Gasteiger charge is -2.21. The van der Waals surface area contributed by atoms with Crippen LogP contribution in [-0.4, -0.2) is 11.0 Å². The molecule has 1 aliphatic heterocycles. The molecule has 106 valence electrons. The number of aromatic nitrogens is 1. The van der Waals surface area contributed by atoms with Gasteiger partial charge in [-0.15, -0.1) is 0 Å². The molecular formula is C17H28N2. The van der Waals surface area contributed by atoms with E-state index in [1.807, 2.05) is 0 Å². The highest BCUT2D eigenvalue weighted by Crippen LogP contribution is 2.29. The third kappa shape index (κ3) is 2.72. The predicted molar refractivity (Wildman–Crippen MR) is 82.3 cm³/mol. The fraction of sp³-hybridized carbons (Fsp3) is 0.647. The number of nitrogens with one attached hydrogen (secondary N) is 2. The molecule has 0 aromatic carbocycles. The standard InChI is InChI=1S/C17H28N2/c1-5-12-10-18-16(14(12)7-3)9-17-15(8-4)13(6-2)11-19-17/h10-11,14,16,18-19H,5-9H2,1-4H3. The van der Waals surface area contributed by atoms with Gasteiger partial charge in [0.1, 0.15) is 0 Å². The molecule has 0 aliphatic carbocycles. The molecule has 1 aromatic rings. The molecule has 2 N–H and O–H groups in total. The average molecular weight is 260 g/mol. The summed E-state index contributed by atoms with van der Waals surface area (Å²) in [4.78, 5) is 3.52. The second-order valence-corrected chi connectivity index (χ2v) is 5.54. The van der Waals surface area contributed by atoms with E-state index >= 15 is 0 Å². The lowest BCUT2D eigenvalue weighted by molar-refractivity contribution is 0.444. The maximum absolute atomic E-state index is 3.60. The zero-order valence-electron chi connectivity index (χ0n) is 12.8. The fourth-order valence-corrected chi connectivity index (χ4v) is 3.51. The Morgan fingerprint density at radius 1 is 1.05 bits per heavy atom. The zero-order chi connectivity index (χ0) is 13.8. The van der Waals surface area contributed by atoms with Crippen LogP contribution >= 0.6 is 0 Å². The summed E-state index contributed by atoms with van der Waals surface area (Å²) in [6.45, 7) is 9.08. The monoisotopic (exact) mass is 260 g/mol. The van der Waals surface area contributed by atoms with Gasteiger partial charge in [0.05, 0.1) is 0 Å². The van der Waals surface area contributed by atoms with Gasteiger partial charge in [-0.1, -0.05) is 27.7 Å². The maximum atomic E-state index is 3.60. The van der Waals surface area contributed by atoms with E-state index in [9.17, 15) is 0 Å². The summed E-state index contributed by atoms with van der Waals surface area (Å²) in [6.07, 6.45) is 10.3. The van der Waals surface area contributed by atoms with Crippen LogP contribution < -0.4 is 5.32 Å². The Morgan fingerprint density at radius 2 is 1.84 bits per heavy atom. The molecule has 2 heteroatoms. The van der Waals surface area contributed by atoms with E-state index in [1.165, 1.54) is 24.1 Å². The van der Waals surface area contributed by atoms with E-state index in [-0.39, 0.29) is 0 Å². The third-order valence-electron chi connectivity index (χ3n) is 4.62. The Labute approximate surface area is 117 Å². The molecular weight excluding hydrogens is 232 g/mol. The first-order valence-electron chi connectivity index (χ1n) is 7.87. The summed E-state index contributed by atoms with van der Waals surface area (Å²) in [5.74, 6) is 0.711. The number of H-pyrrole nitrogens is 1. The highest BCUT2D eigenvalue weighted by molar-refractivity contribution is 5.32. The van der Waals surface area contributed by atoms with Crippen molar-refractivity contribution in [2.45, 2.75) is 65.8 Å². The van der Waals surface area contributed by atoms with Crippen molar-refractivity contribution in [2.24, 2.45) is 5.92 Å². The van der Waals surface area contributed by atoms with Gasteiger partial charge in [0.2, 0.25) is 0 Å². The van der Waals surface area contributed by atoms with Crippen molar-refractivity contribution in [3.63, 3.8) is 0 Å². The van der Waals surface area contributed by atoms with Crippen molar-refractivity contribution in [3.8, 4) is 0 Å². The van der Waals surface area contributed by atoms with E-state index in [1.54, 1.807) is 11.1 Å². The second-order valence-electron chi connectivity index (χ2n) is 5.54. The first kappa shape index (κ1) is 14.2. The van der Waals surface area contributed by atoms with E-state index < -0.39 is 0 Å². The molecule has 2 atom stereocenters. The SMILES string of the molecule is CCC1=CNC(Cc2[nH]cc(CC)c2CC)C1CC. The molecule has 0 saturated heterocycles. The Bertz CT molecular complexity index is 442. The van der Waals surface area contributed by atoms with E-state index in [4.69, 9.17) is 0 Å². The van der Waals surface area contributed by atoms with Crippen LogP contribution in [0.25, 0.3) is 0 Å². The number of aryl methyl sites for hydroxylation is 1. The largest absolute Gasteiger partial charge is 0.387 e. The molecule has 19 heavy (non-hydrogen) atoms. The molecule has 2 nitrogen and oxygen atoms in total. The minimum absolute atomic E-state index is 0.577. The van der Waals surface area contributed by atoms with Gasteiger partial charge in [-0.05, 0) is 48.6 Å². The van der Waals surface area contributed by atoms with Gasteiger partial charge >= 0.3 is 0 Å². The van der Waals surface area contributed by atoms with Gasteiger partial charge in [0.15, 0.2) is 0 Å². The van der Waals surface area contributed by atoms with Crippen molar-refractivity contribution < 1.29 is 0 Å². The molecule has 0 fully saturated rings. The maximum Gasteiger partial charge on any atom is 0.0376 e. The van der Waals surface area contributed by atoms with Crippen molar-refractivity contribution in [1.29, 1.82) is 0 Å². The van der Waals surface area contributed by atoms with Gasteiger partial charge in [-0.25, -0.2) is 0 Å². The minimum atomic E-state index is 0.577. The fourth-order valence-electron chi connectivity index (χ4n) is 3.51. The minimum Gasteiger partial charge on any atom is -0.387 e. The Balaban J connectivity index is 2.12. The van der Waals surface area contributed by atoms with Crippen LogP contribution in [0.5, 0.6) is 0 Å². The number of hydrogen-bond acceptors (Lipinski definition) is 1. The Hall–Kier alpha value is -1.18. The molecule has 1 aliphatic rings.